The third-order valence-electron chi connectivity index (χ3n) is 4.48. The molecular formula is C19H15ClFN3O2S. The van der Waals surface area contributed by atoms with Crippen molar-refractivity contribution in [2.75, 3.05) is 11.2 Å². The van der Waals surface area contributed by atoms with Gasteiger partial charge in [-0.3, -0.25) is 5.43 Å². The Morgan fingerprint density at radius 2 is 2.00 bits per heavy atom. The summed E-state index contributed by atoms with van der Waals surface area (Å²) in [7, 11) is -3.42. The van der Waals surface area contributed by atoms with Crippen molar-refractivity contribution in [3.05, 3.63) is 64.4 Å². The largest absolute Gasteiger partial charge is 0.261 e. The molecule has 0 atom stereocenters. The predicted octanol–water partition coefficient (Wildman–Crippen LogP) is 4.33. The van der Waals surface area contributed by atoms with Crippen molar-refractivity contribution in [3.8, 4) is 0 Å². The number of pyridine rings is 1. The number of nitrogens with zero attached hydrogens (tertiary/aromatic N) is 2. The summed E-state index contributed by atoms with van der Waals surface area (Å²) in [6.07, 6.45) is 0.202. The van der Waals surface area contributed by atoms with Crippen molar-refractivity contribution in [2.24, 2.45) is 5.10 Å². The number of hydrazone groups is 1. The van der Waals surface area contributed by atoms with Crippen LogP contribution in [0.2, 0.25) is 5.02 Å². The summed E-state index contributed by atoms with van der Waals surface area (Å²) in [5.41, 5.74) is 5.39. The van der Waals surface area contributed by atoms with Crippen LogP contribution in [0.3, 0.4) is 0 Å². The van der Waals surface area contributed by atoms with Crippen molar-refractivity contribution >= 4 is 43.9 Å². The van der Waals surface area contributed by atoms with Crippen molar-refractivity contribution in [2.45, 2.75) is 18.2 Å². The molecule has 4 rings (SSSR count). The summed E-state index contributed by atoms with van der Waals surface area (Å²) in [5, 5.41) is 5.89. The van der Waals surface area contributed by atoms with Gasteiger partial charge in [0.25, 0.3) is 0 Å². The molecule has 0 spiro atoms. The molecule has 0 saturated heterocycles. The summed E-state index contributed by atoms with van der Waals surface area (Å²) in [4.78, 5) is 4.60. The molecule has 1 aromatic heterocycles. The molecule has 5 nitrogen and oxygen atoms in total. The van der Waals surface area contributed by atoms with Gasteiger partial charge in [0.1, 0.15) is 11.6 Å². The van der Waals surface area contributed by atoms with E-state index in [0.717, 1.165) is 22.5 Å². The Hall–Kier alpha value is -2.51. The van der Waals surface area contributed by atoms with E-state index in [1.54, 1.807) is 6.07 Å². The first-order chi connectivity index (χ1) is 12.8. The van der Waals surface area contributed by atoms with Crippen LogP contribution in [0.4, 0.5) is 10.2 Å². The number of aryl methyl sites for hydroxylation is 1. The fourth-order valence-corrected chi connectivity index (χ4v) is 4.78. The molecule has 138 valence electrons. The summed E-state index contributed by atoms with van der Waals surface area (Å²) >= 11 is 6.03. The lowest BCUT2D eigenvalue weighted by Gasteiger charge is -2.18. The minimum Gasteiger partial charge on any atom is -0.261 e. The van der Waals surface area contributed by atoms with Gasteiger partial charge >= 0.3 is 0 Å². The summed E-state index contributed by atoms with van der Waals surface area (Å²) in [6, 6.07) is 10.9. The molecule has 27 heavy (non-hydrogen) atoms. The van der Waals surface area contributed by atoms with E-state index in [2.05, 4.69) is 15.5 Å². The van der Waals surface area contributed by atoms with Crippen molar-refractivity contribution < 1.29 is 12.8 Å². The van der Waals surface area contributed by atoms with Crippen LogP contribution in [0.1, 0.15) is 17.5 Å². The summed E-state index contributed by atoms with van der Waals surface area (Å²) in [5.74, 6) is -0.0502. The molecule has 3 aromatic rings. The van der Waals surface area contributed by atoms with Gasteiger partial charge in [0, 0.05) is 22.4 Å². The SMILES string of the molecule is Cc1cc(N/N=C2/CCS(=O)(=O)c3ccc(F)cc32)nc2ccc(Cl)cc12. The molecule has 2 heterocycles. The number of nitrogens with one attached hydrogen (secondary N) is 1. The molecule has 0 fully saturated rings. The number of hydrogen-bond donors (Lipinski definition) is 1. The van der Waals surface area contributed by atoms with Crippen LogP contribution in [0.5, 0.6) is 0 Å². The van der Waals surface area contributed by atoms with Crippen molar-refractivity contribution in [3.63, 3.8) is 0 Å². The second kappa shape index (κ2) is 6.58. The van der Waals surface area contributed by atoms with E-state index in [9.17, 15) is 12.8 Å². The number of aromatic nitrogens is 1. The average molecular weight is 404 g/mol. The molecule has 8 heteroatoms. The van der Waals surface area contributed by atoms with E-state index in [-0.39, 0.29) is 22.6 Å². The van der Waals surface area contributed by atoms with Crippen LogP contribution in [0, 0.1) is 12.7 Å². The Kier molecular flexibility index (Phi) is 4.36. The Balaban J connectivity index is 1.73. The van der Waals surface area contributed by atoms with Gasteiger partial charge in [0.15, 0.2) is 9.84 Å². The quantitative estimate of drug-likeness (QED) is 0.510. The molecule has 0 unspecified atom stereocenters. The van der Waals surface area contributed by atoms with Crippen LogP contribution < -0.4 is 5.43 Å². The van der Waals surface area contributed by atoms with Crippen LogP contribution in [0.25, 0.3) is 10.9 Å². The number of rotatable bonds is 2. The van der Waals surface area contributed by atoms with E-state index in [0.29, 0.717) is 16.6 Å². The van der Waals surface area contributed by atoms with E-state index >= 15 is 0 Å². The first-order valence-electron chi connectivity index (χ1n) is 8.26. The molecule has 1 N–H and O–H groups in total. The first kappa shape index (κ1) is 17.9. The number of anilines is 1. The van der Waals surface area contributed by atoms with Gasteiger partial charge in [0.2, 0.25) is 0 Å². The number of sulfone groups is 1. The maximum Gasteiger partial charge on any atom is 0.179 e. The van der Waals surface area contributed by atoms with Crippen LogP contribution in [0.15, 0.2) is 52.5 Å². The van der Waals surface area contributed by atoms with E-state index in [1.165, 1.54) is 12.1 Å². The van der Waals surface area contributed by atoms with Gasteiger partial charge in [0.05, 0.1) is 21.9 Å². The molecule has 1 aliphatic heterocycles. The molecular weight excluding hydrogens is 389 g/mol. The summed E-state index contributed by atoms with van der Waals surface area (Å²) in [6.45, 7) is 1.94. The fraction of sp³-hybridized carbons (Fsp3) is 0.158. The molecule has 2 aromatic carbocycles. The number of benzene rings is 2. The lowest BCUT2D eigenvalue weighted by Crippen LogP contribution is -2.23. The Bertz CT molecular complexity index is 1210. The minimum absolute atomic E-state index is 0.0607. The lowest BCUT2D eigenvalue weighted by atomic mass is 10.1. The molecule has 0 amide bonds. The third-order valence-corrected chi connectivity index (χ3v) is 6.48. The van der Waals surface area contributed by atoms with Crippen molar-refractivity contribution in [1.29, 1.82) is 0 Å². The second-order valence-corrected chi connectivity index (χ2v) is 8.88. The summed E-state index contributed by atoms with van der Waals surface area (Å²) < 4.78 is 38.1. The Morgan fingerprint density at radius 3 is 2.81 bits per heavy atom. The number of halogens is 2. The molecule has 0 saturated carbocycles. The zero-order chi connectivity index (χ0) is 19.2. The smallest absolute Gasteiger partial charge is 0.179 e. The lowest BCUT2D eigenvalue weighted by molar-refractivity contribution is 0.593. The second-order valence-electron chi connectivity index (χ2n) is 6.37. The highest BCUT2D eigenvalue weighted by Gasteiger charge is 2.28. The maximum atomic E-state index is 13.6. The predicted molar refractivity (Wildman–Crippen MR) is 105 cm³/mol. The molecule has 0 aliphatic carbocycles. The monoisotopic (exact) mass is 403 g/mol. The molecule has 0 radical (unpaired) electrons. The first-order valence-corrected chi connectivity index (χ1v) is 10.3. The van der Waals surface area contributed by atoms with Crippen LogP contribution in [-0.4, -0.2) is 24.9 Å². The number of fused-ring (bicyclic) bond motifs is 2. The maximum absolute atomic E-state index is 13.6. The van der Waals surface area contributed by atoms with Gasteiger partial charge in [-0.1, -0.05) is 11.6 Å². The highest BCUT2D eigenvalue weighted by Crippen LogP contribution is 2.27. The van der Waals surface area contributed by atoms with Gasteiger partial charge in [-0.25, -0.2) is 17.8 Å². The minimum atomic E-state index is -3.42. The van der Waals surface area contributed by atoms with E-state index in [1.807, 2.05) is 25.1 Å². The Labute approximate surface area is 160 Å². The fourth-order valence-electron chi connectivity index (χ4n) is 3.14. The van der Waals surface area contributed by atoms with Gasteiger partial charge < -0.3 is 0 Å². The zero-order valence-corrected chi connectivity index (χ0v) is 15.9. The standard InChI is InChI=1S/C19H15ClFN3O2S/c1-11-8-19(22-16-4-2-12(20)9-14(11)16)24-23-17-6-7-27(25,26)18-5-3-13(21)10-15(17)18/h2-5,8-10H,6-7H2,1H3,(H,22,24)/b23-17-. The average Bonchev–Trinajstić information content (AvgIpc) is 2.61. The molecule has 0 bridgehead atoms. The Morgan fingerprint density at radius 1 is 1.19 bits per heavy atom. The highest BCUT2D eigenvalue weighted by atomic mass is 35.5. The van der Waals surface area contributed by atoms with Crippen LogP contribution in [-0.2, 0) is 9.84 Å². The van der Waals surface area contributed by atoms with Gasteiger partial charge in [-0.15, -0.1) is 0 Å². The highest BCUT2D eigenvalue weighted by molar-refractivity contribution is 7.91. The molecule has 1 aliphatic rings. The normalized spacial score (nSPS) is 17.1. The van der Waals surface area contributed by atoms with Gasteiger partial charge in [-0.05, 0) is 55.0 Å². The third kappa shape index (κ3) is 3.40. The zero-order valence-electron chi connectivity index (χ0n) is 14.3. The topological polar surface area (TPSA) is 71.4 Å². The number of hydrogen-bond acceptors (Lipinski definition) is 5. The van der Waals surface area contributed by atoms with Crippen LogP contribution >= 0.6 is 11.6 Å². The van der Waals surface area contributed by atoms with E-state index in [4.69, 9.17) is 11.6 Å². The van der Waals surface area contributed by atoms with E-state index < -0.39 is 15.7 Å². The van der Waals surface area contributed by atoms with Crippen molar-refractivity contribution in [1.82, 2.24) is 4.98 Å². The van der Waals surface area contributed by atoms with Gasteiger partial charge in [-0.2, -0.15) is 5.10 Å².